The van der Waals surface area contributed by atoms with E-state index in [9.17, 15) is 19.2 Å². The number of ether oxygens (including phenoxy) is 1. The highest BCUT2D eigenvalue weighted by Crippen LogP contribution is 2.25. The molecule has 1 unspecified atom stereocenters. The Morgan fingerprint density at radius 3 is 2.66 bits per heavy atom. The van der Waals surface area contributed by atoms with E-state index >= 15 is 0 Å². The van der Waals surface area contributed by atoms with Gasteiger partial charge in [0.2, 0.25) is 11.8 Å². The predicted molar refractivity (Wildman–Crippen MR) is 141 cm³/mol. The van der Waals surface area contributed by atoms with E-state index in [1.54, 1.807) is 11.0 Å². The molecule has 2 saturated heterocycles. The molecule has 4 amide bonds. The van der Waals surface area contributed by atoms with E-state index in [1.165, 1.54) is 11.1 Å². The van der Waals surface area contributed by atoms with Crippen LogP contribution >= 0.6 is 0 Å². The lowest BCUT2D eigenvalue weighted by Crippen LogP contribution is -2.55. The number of piperidine rings is 1. The molecule has 9 nitrogen and oxygen atoms in total. The summed E-state index contributed by atoms with van der Waals surface area (Å²) in [6.07, 6.45) is 2.10. The summed E-state index contributed by atoms with van der Waals surface area (Å²) >= 11 is 0. The van der Waals surface area contributed by atoms with Gasteiger partial charge in [0.15, 0.2) is 0 Å². The third-order valence-electron chi connectivity index (χ3n) is 7.73. The molecule has 3 aliphatic heterocycles. The highest BCUT2D eigenvalue weighted by molar-refractivity contribution is 6.04. The van der Waals surface area contributed by atoms with Gasteiger partial charge in [-0.2, -0.15) is 0 Å². The summed E-state index contributed by atoms with van der Waals surface area (Å²) in [6, 6.07) is 10.8. The second-order valence-electron chi connectivity index (χ2n) is 10.2. The Hall–Kier alpha value is -3.56. The Morgan fingerprint density at radius 1 is 1.05 bits per heavy atom. The second kappa shape index (κ2) is 11.4. The third-order valence-corrected chi connectivity index (χ3v) is 7.73. The number of aryl methyl sites for hydroxylation is 1. The molecule has 38 heavy (non-hydrogen) atoms. The first kappa shape index (κ1) is 26.1. The maximum Gasteiger partial charge on any atom is 0.254 e. The maximum atomic E-state index is 13.1. The zero-order valence-corrected chi connectivity index (χ0v) is 21.8. The van der Waals surface area contributed by atoms with E-state index in [2.05, 4.69) is 22.5 Å². The van der Waals surface area contributed by atoms with Crippen LogP contribution in [0.25, 0.3) is 0 Å². The molecule has 0 saturated carbocycles. The maximum absolute atomic E-state index is 13.1. The van der Waals surface area contributed by atoms with Gasteiger partial charge in [0.1, 0.15) is 6.04 Å². The quantitative estimate of drug-likeness (QED) is 0.540. The number of hydrogen-bond donors (Lipinski definition) is 2. The van der Waals surface area contributed by atoms with E-state index in [-0.39, 0.29) is 24.1 Å². The van der Waals surface area contributed by atoms with E-state index in [0.29, 0.717) is 37.1 Å². The molecule has 0 aliphatic carbocycles. The Labute approximate surface area is 222 Å². The van der Waals surface area contributed by atoms with Gasteiger partial charge in [-0.3, -0.25) is 29.4 Å². The number of amides is 4. The number of morpholine rings is 1. The highest BCUT2D eigenvalue weighted by Gasteiger charge is 2.37. The first-order valence-electron chi connectivity index (χ1n) is 13.3. The van der Waals surface area contributed by atoms with Crippen LogP contribution in [-0.4, -0.2) is 78.9 Å². The van der Waals surface area contributed by atoms with Crippen LogP contribution in [0.4, 0.5) is 0 Å². The van der Waals surface area contributed by atoms with Crippen molar-refractivity contribution in [3.05, 3.63) is 69.8 Å². The van der Waals surface area contributed by atoms with Gasteiger partial charge in [-0.15, -0.1) is 0 Å². The number of rotatable bonds is 7. The van der Waals surface area contributed by atoms with E-state index in [1.807, 2.05) is 30.3 Å². The third kappa shape index (κ3) is 5.79. The van der Waals surface area contributed by atoms with Gasteiger partial charge in [-0.25, -0.2) is 0 Å². The summed E-state index contributed by atoms with van der Waals surface area (Å²) in [7, 11) is 0. The number of nitrogens with one attached hydrogen (secondary N) is 2. The standard InChI is InChI=1S/C29H34N4O5/c1-19-2-4-23(17-21(19)8-10-32-12-14-38-15-13-32)27(35)30-18-20-3-5-24-22(16-20)9-11-33(29(24)37)25-6-7-26(34)31-28(25)36/h2-5,16-17,25H,6-15,18H2,1H3,(H,30,35)(H,31,34,36). The molecular formula is C29H34N4O5. The number of hydrogen-bond acceptors (Lipinski definition) is 6. The van der Waals surface area contributed by atoms with Crippen LogP contribution in [0.1, 0.15) is 55.8 Å². The van der Waals surface area contributed by atoms with Crippen molar-refractivity contribution >= 4 is 23.6 Å². The van der Waals surface area contributed by atoms with E-state index in [0.717, 1.165) is 50.4 Å². The SMILES string of the molecule is Cc1ccc(C(=O)NCc2ccc3c(c2)CCN(C2CCC(=O)NC2=O)C3=O)cc1CCN1CCOCC1. The average Bonchev–Trinajstić information content (AvgIpc) is 2.92. The zero-order chi connectivity index (χ0) is 26.6. The van der Waals surface area contributed by atoms with Crippen LogP contribution in [0.3, 0.4) is 0 Å². The van der Waals surface area contributed by atoms with Gasteiger partial charge in [-0.1, -0.05) is 18.2 Å². The average molecular weight is 519 g/mol. The Bertz CT molecular complexity index is 1250. The molecule has 2 aromatic rings. The minimum absolute atomic E-state index is 0.129. The molecule has 3 heterocycles. The predicted octanol–water partition coefficient (Wildman–Crippen LogP) is 1.60. The summed E-state index contributed by atoms with van der Waals surface area (Å²) in [6.45, 7) is 7.24. The number of carbonyl (C=O) groups is 4. The lowest BCUT2D eigenvalue weighted by atomic mass is 9.93. The van der Waals surface area contributed by atoms with Crippen molar-refractivity contribution in [2.45, 2.75) is 45.2 Å². The minimum atomic E-state index is -0.611. The lowest BCUT2D eigenvalue weighted by Gasteiger charge is -2.36. The topological polar surface area (TPSA) is 108 Å². The molecule has 0 aromatic heterocycles. The van der Waals surface area contributed by atoms with Crippen LogP contribution in [0.2, 0.25) is 0 Å². The monoisotopic (exact) mass is 518 g/mol. The fourth-order valence-corrected chi connectivity index (χ4v) is 5.42. The van der Waals surface area contributed by atoms with Crippen LogP contribution in [0, 0.1) is 6.92 Å². The highest BCUT2D eigenvalue weighted by atomic mass is 16.5. The summed E-state index contributed by atoms with van der Waals surface area (Å²) < 4.78 is 5.42. The fourth-order valence-electron chi connectivity index (χ4n) is 5.42. The fraction of sp³-hybridized carbons (Fsp3) is 0.448. The molecule has 2 N–H and O–H groups in total. The second-order valence-corrected chi connectivity index (χ2v) is 10.2. The minimum Gasteiger partial charge on any atom is -0.379 e. The first-order valence-corrected chi connectivity index (χ1v) is 13.3. The molecule has 2 fully saturated rings. The molecule has 0 radical (unpaired) electrons. The summed E-state index contributed by atoms with van der Waals surface area (Å²) in [5, 5.41) is 5.34. The van der Waals surface area contributed by atoms with E-state index < -0.39 is 11.9 Å². The van der Waals surface area contributed by atoms with Crippen LogP contribution in [-0.2, 0) is 33.7 Å². The molecule has 200 valence electrons. The molecule has 9 heteroatoms. The van der Waals surface area contributed by atoms with Crippen molar-refractivity contribution in [1.29, 1.82) is 0 Å². The van der Waals surface area contributed by atoms with Gasteiger partial charge >= 0.3 is 0 Å². The molecule has 5 rings (SSSR count). The van der Waals surface area contributed by atoms with Gasteiger partial charge in [0, 0.05) is 50.3 Å². The molecule has 2 aromatic carbocycles. The van der Waals surface area contributed by atoms with E-state index in [4.69, 9.17) is 4.74 Å². The zero-order valence-electron chi connectivity index (χ0n) is 21.8. The smallest absolute Gasteiger partial charge is 0.254 e. The van der Waals surface area contributed by atoms with Crippen molar-refractivity contribution in [2.75, 3.05) is 39.4 Å². The number of benzene rings is 2. The van der Waals surface area contributed by atoms with Crippen molar-refractivity contribution in [2.24, 2.45) is 0 Å². The number of carbonyl (C=O) groups excluding carboxylic acids is 4. The van der Waals surface area contributed by atoms with Crippen molar-refractivity contribution in [1.82, 2.24) is 20.4 Å². The largest absolute Gasteiger partial charge is 0.379 e. The van der Waals surface area contributed by atoms with Crippen molar-refractivity contribution < 1.29 is 23.9 Å². The number of fused-ring (bicyclic) bond motifs is 1. The molecule has 3 aliphatic rings. The van der Waals surface area contributed by atoms with Crippen molar-refractivity contribution in [3.8, 4) is 0 Å². The van der Waals surface area contributed by atoms with Gasteiger partial charge in [0.05, 0.1) is 13.2 Å². The molecule has 0 spiro atoms. The van der Waals surface area contributed by atoms with Crippen LogP contribution < -0.4 is 10.6 Å². The Kier molecular flexibility index (Phi) is 7.85. The van der Waals surface area contributed by atoms with Crippen LogP contribution in [0.5, 0.6) is 0 Å². The summed E-state index contributed by atoms with van der Waals surface area (Å²) in [5.41, 5.74) is 5.39. The number of imide groups is 1. The van der Waals surface area contributed by atoms with Gasteiger partial charge < -0.3 is 15.0 Å². The Morgan fingerprint density at radius 2 is 1.87 bits per heavy atom. The molecule has 1 atom stereocenters. The van der Waals surface area contributed by atoms with Crippen molar-refractivity contribution in [3.63, 3.8) is 0 Å². The normalized spacial score (nSPS) is 20.2. The molecule has 0 bridgehead atoms. The Balaban J connectivity index is 1.19. The number of nitrogens with zero attached hydrogens (tertiary/aromatic N) is 2. The molecular weight excluding hydrogens is 484 g/mol. The van der Waals surface area contributed by atoms with Gasteiger partial charge in [0.25, 0.3) is 11.8 Å². The summed E-state index contributed by atoms with van der Waals surface area (Å²) in [5.74, 6) is -1.02. The lowest BCUT2D eigenvalue weighted by molar-refractivity contribution is -0.136. The van der Waals surface area contributed by atoms with Crippen LogP contribution in [0.15, 0.2) is 36.4 Å². The summed E-state index contributed by atoms with van der Waals surface area (Å²) in [4.78, 5) is 53.7. The first-order chi connectivity index (χ1) is 18.4. The van der Waals surface area contributed by atoms with Gasteiger partial charge in [-0.05, 0) is 66.6 Å².